The topological polar surface area (TPSA) is 17.0 Å². The van der Waals surface area contributed by atoms with Crippen LogP contribution in [0.5, 0.6) is 0 Å². The van der Waals surface area contributed by atoms with Crippen LogP contribution in [0.25, 0.3) is 10.9 Å². The fraction of sp³-hybridized carbons (Fsp3) is 0.556. The minimum Gasteiger partial charge on any atom is -0.347 e. The second-order valence-electron chi connectivity index (χ2n) is 7.19. The Labute approximate surface area is 123 Å². The van der Waals surface area contributed by atoms with Crippen molar-refractivity contribution >= 4 is 10.9 Å². The lowest BCUT2D eigenvalue weighted by Gasteiger charge is -2.20. The summed E-state index contributed by atoms with van der Waals surface area (Å²) in [6.07, 6.45) is 3.45. The van der Waals surface area contributed by atoms with Crippen LogP contribution in [0.15, 0.2) is 30.5 Å². The van der Waals surface area contributed by atoms with Gasteiger partial charge in [0.2, 0.25) is 0 Å². The van der Waals surface area contributed by atoms with Gasteiger partial charge in [-0.2, -0.15) is 0 Å². The van der Waals surface area contributed by atoms with E-state index in [2.05, 4.69) is 75.0 Å². The summed E-state index contributed by atoms with van der Waals surface area (Å²) in [6.45, 7) is 13.2. The van der Waals surface area contributed by atoms with Gasteiger partial charge in [0.05, 0.1) is 0 Å². The number of rotatable bonds is 5. The van der Waals surface area contributed by atoms with Crippen LogP contribution in [0.2, 0.25) is 0 Å². The molecular formula is C18H28N2. The van der Waals surface area contributed by atoms with Gasteiger partial charge in [-0.15, -0.1) is 0 Å². The molecule has 0 bridgehead atoms. The fourth-order valence-electron chi connectivity index (χ4n) is 2.30. The minimum absolute atomic E-state index is 0.161. The van der Waals surface area contributed by atoms with Gasteiger partial charge in [-0.05, 0) is 56.2 Å². The molecule has 0 aliphatic carbocycles. The van der Waals surface area contributed by atoms with Crippen molar-refractivity contribution in [2.45, 2.75) is 59.7 Å². The Morgan fingerprint density at radius 3 is 2.55 bits per heavy atom. The van der Waals surface area contributed by atoms with E-state index in [-0.39, 0.29) is 5.54 Å². The van der Waals surface area contributed by atoms with Crippen molar-refractivity contribution in [1.29, 1.82) is 0 Å². The normalized spacial score (nSPS) is 12.5. The number of hydrogen-bond donors (Lipinski definition) is 1. The predicted octanol–water partition coefficient (Wildman–Crippen LogP) is 4.58. The molecule has 1 aromatic carbocycles. The van der Waals surface area contributed by atoms with Crippen molar-refractivity contribution in [3.05, 3.63) is 36.0 Å². The maximum absolute atomic E-state index is 3.56. The van der Waals surface area contributed by atoms with Crippen molar-refractivity contribution in [1.82, 2.24) is 9.88 Å². The molecule has 0 amide bonds. The molecule has 1 heterocycles. The Hall–Kier alpha value is -1.28. The highest BCUT2D eigenvalue weighted by Gasteiger charge is 2.09. The number of aryl methyl sites for hydroxylation is 1. The Kier molecular flexibility index (Phi) is 4.54. The molecule has 0 unspecified atom stereocenters. The second kappa shape index (κ2) is 6.01. The van der Waals surface area contributed by atoms with Gasteiger partial charge < -0.3 is 9.88 Å². The van der Waals surface area contributed by atoms with Gasteiger partial charge in [0.25, 0.3) is 0 Å². The van der Waals surface area contributed by atoms with E-state index < -0.39 is 0 Å². The summed E-state index contributed by atoms with van der Waals surface area (Å²) in [7, 11) is 0. The molecule has 1 aromatic heterocycles. The molecule has 1 N–H and O–H groups in total. The minimum atomic E-state index is 0.161. The zero-order valence-electron chi connectivity index (χ0n) is 13.5. The molecule has 0 saturated carbocycles. The molecule has 0 aliphatic rings. The highest BCUT2D eigenvalue weighted by Crippen LogP contribution is 2.19. The van der Waals surface area contributed by atoms with Crippen LogP contribution in [-0.2, 0) is 13.1 Å². The standard InChI is InChI=1S/C18H28N2/c1-14(2)8-10-20-11-9-16-7-6-15(12-17(16)20)13-19-18(3,4)5/h6-7,9,11-12,14,19H,8,10,13H2,1-5H3. The predicted molar refractivity (Wildman–Crippen MR) is 88.0 cm³/mol. The Balaban J connectivity index is 2.16. The largest absolute Gasteiger partial charge is 0.347 e. The molecule has 0 aliphatic heterocycles. The third kappa shape index (κ3) is 4.11. The van der Waals surface area contributed by atoms with Gasteiger partial charge in [-0.1, -0.05) is 26.0 Å². The summed E-state index contributed by atoms with van der Waals surface area (Å²) in [5.41, 5.74) is 2.88. The van der Waals surface area contributed by atoms with Crippen LogP contribution in [0, 0.1) is 5.92 Å². The Bertz CT molecular complexity index is 558. The molecule has 20 heavy (non-hydrogen) atoms. The van der Waals surface area contributed by atoms with E-state index in [4.69, 9.17) is 0 Å². The maximum Gasteiger partial charge on any atom is 0.0483 e. The number of aromatic nitrogens is 1. The summed E-state index contributed by atoms with van der Waals surface area (Å²) < 4.78 is 2.38. The third-order valence-corrected chi connectivity index (χ3v) is 3.61. The SMILES string of the molecule is CC(C)CCn1ccc2ccc(CNC(C)(C)C)cc21. The van der Waals surface area contributed by atoms with Crippen LogP contribution < -0.4 is 5.32 Å². The lowest BCUT2D eigenvalue weighted by Crippen LogP contribution is -2.35. The van der Waals surface area contributed by atoms with Gasteiger partial charge in [-0.3, -0.25) is 0 Å². The fourth-order valence-corrected chi connectivity index (χ4v) is 2.30. The van der Waals surface area contributed by atoms with Crippen LogP contribution >= 0.6 is 0 Å². The van der Waals surface area contributed by atoms with Crippen molar-refractivity contribution in [3.63, 3.8) is 0 Å². The summed E-state index contributed by atoms with van der Waals surface area (Å²) in [5, 5.41) is 4.90. The molecule has 0 spiro atoms. The number of benzene rings is 1. The molecule has 2 aromatic rings. The quantitative estimate of drug-likeness (QED) is 0.843. The highest BCUT2D eigenvalue weighted by molar-refractivity contribution is 5.80. The molecule has 0 radical (unpaired) electrons. The van der Waals surface area contributed by atoms with E-state index in [9.17, 15) is 0 Å². The number of nitrogens with one attached hydrogen (secondary N) is 1. The van der Waals surface area contributed by atoms with E-state index >= 15 is 0 Å². The molecule has 0 fully saturated rings. The lowest BCUT2D eigenvalue weighted by atomic mass is 10.1. The lowest BCUT2D eigenvalue weighted by molar-refractivity contribution is 0.424. The molecule has 0 saturated heterocycles. The Morgan fingerprint density at radius 2 is 1.90 bits per heavy atom. The summed E-state index contributed by atoms with van der Waals surface area (Å²) >= 11 is 0. The average molecular weight is 272 g/mol. The smallest absolute Gasteiger partial charge is 0.0483 e. The third-order valence-electron chi connectivity index (χ3n) is 3.61. The maximum atomic E-state index is 3.56. The molecule has 0 atom stereocenters. The number of nitrogens with zero attached hydrogens (tertiary/aromatic N) is 1. The first kappa shape index (κ1) is 15.1. The first-order valence-corrected chi connectivity index (χ1v) is 7.68. The van der Waals surface area contributed by atoms with Crippen LogP contribution in [-0.4, -0.2) is 10.1 Å². The van der Waals surface area contributed by atoms with Crippen molar-refractivity contribution < 1.29 is 0 Å². The molecular weight excluding hydrogens is 244 g/mol. The van der Waals surface area contributed by atoms with Crippen LogP contribution in [0.4, 0.5) is 0 Å². The molecule has 2 nitrogen and oxygen atoms in total. The summed E-state index contributed by atoms with van der Waals surface area (Å²) in [4.78, 5) is 0. The van der Waals surface area contributed by atoms with E-state index in [1.165, 1.54) is 22.9 Å². The summed E-state index contributed by atoms with van der Waals surface area (Å²) in [5.74, 6) is 0.748. The van der Waals surface area contributed by atoms with E-state index in [1.54, 1.807) is 0 Å². The first-order chi connectivity index (χ1) is 9.35. The van der Waals surface area contributed by atoms with Gasteiger partial charge >= 0.3 is 0 Å². The number of hydrogen-bond acceptors (Lipinski definition) is 1. The monoisotopic (exact) mass is 272 g/mol. The van der Waals surface area contributed by atoms with Gasteiger partial charge in [-0.25, -0.2) is 0 Å². The van der Waals surface area contributed by atoms with E-state index in [1.807, 2.05) is 0 Å². The van der Waals surface area contributed by atoms with Crippen LogP contribution in [0.3, 0.4) is 0 Å². The van der Waals surface area contributed by atoms with Crippen molar-refractivity contribution in [2.24, 2.45) is 5.92 Å². The Morgan fingerprint density at radius 1 is 1.15 bits per heavy atom. The van der Waals surface area contributed by atoms with E-state index in [0.717, 1.165) is 19.0 Å². The van der Waals surface area contributed by atoms with Gasteiger partial charge in [0.1, 0.15) is 0 Å². The highest BCUT2D eigenvalue weighted by atomic mass is 15.0. The van der Waals surface area contributed by atoms with Crippen molar-refractivity contribution in [3.8, 4) is 0 Å². The van der Waals surface area contributed by atoms with Gasteiger partial charge in [0, 0.05) is 30.3 Å². The first-order valence-electron chi connectivity index (χ1n) is 7.68. The second-order valence-corrected chi connectivity index (χ2v) is 7.19. The zero-order valence-corrected chi connectivity index (χ0v) is 13.5. The van der Waals surface area contributed by atoms with Gasteiger partial charge in [0.15, 0.2) is 0 Å². The van der Waals surface area contributed by atoms with Crippen LogP contribution in [0.1, 0.15) is 46.6 Å². The number of fused-ring (bicyclic) bond motifs is 1. The van der Waals surface area contributed by atoms with Crippen molar-refractivity contribution in [2.75, 3.05) is 0 Å². The van der Waals surface area contributed by atoms with E-state index in [0.29, 0.717) is 0 Å². The molecule has 2 heteroatoms. The zero-order chi connectivity index (χ0) is 14.8. The average Bonchev–Trinajstić information content (AvgIpc) is 2.75. The molecule has 110 valence electrons. The summed E-state index contributed by atoms with van der Waals surface area (Å²) in [6, 6.07) is 9.01. The molecule has 2 rings (SSSR count).